The summed E-state index contributed by atoms with van der Waals surface area (Å²) in [5, 5.41) is 0.923. The van der Waals surface area contributed by atoms with E-state index in [2.05, 4.69) is 4.98 Å². The van der Waals surface area contributed by atoms with Crippen molar-refractivity contribution in [3.63, 3.8) is 0 Å². The first-order chi connectivity index (χ1) is 8.02. The normalized spacial score (nSPS) is 11.0. The summed E-state index contributed by atoms with van der Waals surface area (Å²) in [4.78, 5) is 3.75. The fraction of sp³-hybridized carbons (Fsp3) is 0.182. The maximum Gasteiger partial charge on any atom is 1.00 e. The van der Waals surface area contributed by atoms with Crippen molar-refractivity contribution in [1.82, 2.24) is 4.98 Å². The summed E-state index contributed by atoms with van der Waals surface area (Å²) in [5.74, 6) is 0.302. The predicted molar refractivity (Wildman–Crippen MR) is 60.9 cm³/mol. The summed E-state index contributed by atoms with van der Waals surface area (Å²) >= 11 is 0. The molecular weight excluding hydrogens is 265 g/mol. The summed E-state index contributed by atoms with van der Waals surface area (Å²) in [6.45, 7) is 2.22. The predicted octanol–water partition coefficient (Wildman–Crippen LogP) is -1.46. The molecule has 0 aliphatic heterocycles. The number of pyridine rings is 1. The van der Waals surface area contributed by atoms with E-state index in [0.717, 1.165) is 0 Å². The number of fused-ring (bicyclic) bond motifs is 1. The number of rotatable bonds is 3. The largest absolute Gasteiger partial charge is 1.00 e. The molecule has 0 atom stereocenters. The third-order valence-corrected chi connectivity index (χ3v) is 3.15. The first-order valence-corrected chi connectivity index (χ1v) is 6.40. The van der Waals surface area contributed by atoms with Gasteiger partial charge in [-0.25, -0.2) is 13.4 Å². The van der Waals surface area contributed by atoms with Crippen molar-refractivity contribution in [1.29, 1.82) is 0 Å². The Morgan fingerprint density at radius 2 is 2.11 bits per heavy atom. The van der Waals surface area contributed by atoms with Crippen LogP contribution in [0.4, 0.5) is 0 Å². The Kier molecular flexibility index (Phi) is 5.12. The maximum absolute atomic E-state index is 11.1. The average molecular weight is 275 g/mol. The molecule has 18 heavy (non-hydrogen) atoms. The third kappa shape index (κ3) is 3.21. The molecule has 0 fully saturated rings. The molecule has 0 saturated heterocycles. The van der Waals surface area contributed by atoms with Crippen molar-refractivity contribution in [2.24, 2.45) is 0 Å². The zero-order valence-electron chi connectivity index (χ0n) is 10.1. The first-order valence-electron chi connectivity index (χ1n) is 5.00. The number of hydrogen-bond donors (Lipinski definition) is 0. The van der Waals surface area contributed by atoms with Crippen LogP contribution in [0.5, 0.6) is 5.88 Å². The van der Waals surface area contributed by atoms with Gasteiger partial charge in [0, 0.05) is 23.0 Å². The van der Waals surface area contributed by atoms with Crippen molar-refractivity contribution in [3.05, 3.63) is 30.5 Å². The molecule has 0 bridgehead atoms. The average Bonchev–Trinajstić information content (AvgIpc) is 2.27. The van der Waals surface area contributed by atoms with Gasteiger partial charge in [-0.3, -0.25) is 0 Å². The third-order valence-electron chi connectivity index (χ3n) is 2.26. The molecule has 0 unspecified atom stereocenters. The van der Waals surface area contributed by atoms with Crippen molar-refractivity contribution in [3.8, 4) is 5.88 Å². The Morgan fingerprint density at radius 1 is 1.39 bits per heavy atom. The Bertz CT molecular complexity index is 657. The van der Waals surface area contributed by atoms with Crippen LogP contribution in [0.3, 0.4) is 0 Å². The zero-order chi connectivity index (χ0) is 12.5. The zero-order valence-corrected chi connectivity index (χ0v) is 12.9. The summed E-state index contributed by atoms with van der Waals surface area (Å²) in [6.07, 6.45) is 1.48. The van der Waals surface area contributed by atoms with Gasteiger partial charge >= 0.3 is 29.6 Å². The Morgan fingerprint density at radius 3 is 2.72 bits per heavy atom. The summed E-state index contributed by atoms with van der Waals surface area (Å²) in [7, 11) is -4.49. The number of aromatic nitrogens is 1. The fourth-order valence-corrected chi connectivity index (χ4v) is 2.26. The van der Waals surface area contributed by atoms with Gasteiger partial charge in [0.05, 0.1) is 11.5 Å². The van der Waals surface area contributed by atoms with Gasteiger partial charge in [-0.15, -0.1) is 0 Å². The minimum absolute atomic E-state index is 0. The molecule has 5 nitrogen and oxygen atoms in total. The SMILES string of the molecule is CCOc1cc2c(S(=O)(=O)[O-])cccc2cn1.[Na+]. The molecule has 0 spiro atoms. The van der Waals surface area contributed by atoms with Crippen LogP contribution in [0.15, 0.2) is 35.4 Å². The second-order valence-corrected chi connectivity index (χ2v) is 4.74. The van der Waals surface area contributed by atoms with Crippen LogP contribution in [0, 0.1) is 0 Å². The quantitative estimate of drug-likeness (QED) is 0.505. The van der Waals surface area contributed by atoms with Gasteiger partial charge in [0.2, 0.25) is 5.88 Å². The Balaban J connectivity index is 0.00000162. The molecule has 0 saturated carbocycles. The molecule has 2 aromatic rings. The van der Waals surface area contributed by atoms with E-state index >= 15 is 0 Å². The van der Waals surface area contributed by atoms with Gasteiger partial charge in [-0.2, -0.15) is 0 Å². The molecule has 1 aromatic carbocycles. The molecular formula is C11H10NNaO4S. The van der Waals surface area contributed by atoms with Gasteiger partial charge in [-0.05, 0) is 13.0 Å². The van der Waals surface area contributed by atoms with Crippen molar-refractivity contribution in [2.45, 2.75) is 11.8 Å². The van der Waals surface area contributed by atoms with E-state index in [-0.39, 0.29) is 34.5 Å². The van der Waals surface area contributed by atoms with E-state index in [0.29, 0.717) is 23.3 Å². The van der Waals surface area contributed by atoms with E-state index in [1.165, 1.54) is 24.4 Å². The van der Waals surface area contributed by atoms with E-state index in [4.69, 9.17) is 4.74 Å². The summed E-state index contributed by atoms with van der Waals surface area (Å²) in [6, 6.07) is 5.94. The van der Waals surface area contributed by atoms with Crippen LogP contribution in [0.25, 0.3) is 10.8 Å². The van der Waals surface area contributed by atoms with Crippen LogP contribution in [0.1, 0.15) is 6.92 Å². The second-order valence-electron chi connectivity index (χ2n) is 3.39. The van der Waals surface area contributed by atoms with Gasteiger partial charge < -0.3 is 9.29 Å². The van der Waals surface area contributed by atoms with Gasteiger partial charge in [0.25, 0.3) is 0 Å². The standard InChI is InChI=1S/C11H11NO4S.Na/c1-2-16-11-6-9-8(7-12-11)4-3-5-10(9)17(13,14)15;/h3-7H,2H2,1H3,(H,13,14,15);/q;+1/p-1. The molecule has 0 radical (unpaired) electrons. The van der Waals surface area contributed by atoms with Crippen molar-refractivity contribution >= 4 is 20.9 Å². The Labute approximate surface area is 127 Å². The minimum atomic E-state index is -4.49. The molecule has 0 aliphatic rings. The van der Waals surface area contributed by atoms with Gasteiger partial charge in [0.1, 0.15) is 10.1 Å². The van der Waals surface area contributed by atoms with E-state index in [1.54, 1.807) is 13.0 Å². The van der Waals surface area contributed by atoms with Gasteiger partial charge in [-0.1, -0.05) is 12.1 Å². The number of nitrogens with zero attached hydrogens (tertiary/aromatic N) is 1. The summed E-state index contributed by atoms with van der Waals surface area (Å²) in [5.41, 5.74) is 0. The maximum atomic E-state index is 11.1. The molecule has 0 amide bonds. The molecule has 1 aromatic heterocycles. The van der Waals surface area contributed by atoms with Crippen LogP contribution in [-0.2, 0) is 10.1 Å². The molecule has 7 heteroatoms. The van der Waals surface area contributed by atoms with Crippen LogP contribution < -0.4 is 34.3 Å². The van der Waals surface area contributed by atoms with Crippen molar-refractivity contribution < 1.29 is 47.3 Å². The van der Waals surface area contributed by atoms with E-state index < -0.39 is 10.1 Å². The first kappa shape index (κ1) is 15.4. The minimum Gasteiger partial charge on any atom is -0.744 e. The number of ether oxygens (including phenoxy) is 1. The van der Waals surface area contributed by atoms with Crippen LogP contribution in [-0.4, -0.2) is 24.6 Å². The molecule has 2 rings (SSSR count). The van der Waals surface area contributed by atoms with Crippen molar-refractivity contribution in [2.75, 3.05) is 6.61 Å². The van der Waals surface area contributed by atoms with E-state index in [1.807, 2.05) is 0 Å². The topological polar surface area (TPSA) is 79.3 Å². The molecule has 1 heterocycles. The van der Waals surface area contributed by atoms with E-state index in [9.17, 15) is 13.0 Å². The molecule has 90 valence electrons. The smallest absolute Gasteiger partial charge is 0.744 e. The molecule has 0 N–H and O–H groups in total. The van der Waals surface area contributed by atoms with Crippen LogP contribution in [0.2, 0.25) is 0 Å². The molecule has 0 aliphatic carbocycles. The second kappa shape index (κ2) is 5.99. The van der Waals surface area contributed by atoms with Gasteiger partial charge in [0.15, 0.2) is 0 Å². The fourth-order valence-electron chi connectivity index (χ4n) is 1.57. The monoisotopic (exact) mass is 275 g/mol. The Hall–Kier alpha value is -0.660. The number of benzene rings is 1. The summed E-state index contributed by atoms with van der Waals surface area (Å²) < 4.78 is 38.5. The van der Waals surface area contributed by atoms with Crippen LogP contribution >= 0.6 is 0 Å². The number of hydrogen-bond acceptors (Lipinski definition) is 5.